The van der Waals surface area contributed by atoms with Crippen molar-refractivity contribution in [2.75, 3.05) is 26.2 Å². The Morgan fingerprint density at radius 1 is 1.14 bits per heavy atom. The topological polar surface area (TPSA) is 92.7 Å². The molecule has 0 aliphatic carbocycles. The monoisotopic (exact) mass is 418 g/mol. The van der Waals surface area contributed by atoms with Crippen LogP contribution < -0.4 is 4.74 Å². The van der Waals surface area contributed by atoms with Crippen LogP contribution in [0.3, 0.4) is 0 Å². The van der Waals surface area contributed by atoms with E-state index in [1.54, 1.807) is 43.1 Å². The number of carbonyl (C=O) groups is 1. The largest absolute Gasteiger partial charge is 0.474 e. The second-order valence-corrected chi connectivity index (χ2v) is 8.71. The highest BCUT2D eigenvalue weighted by Crippen LogP contribution is 2.20. The number of nitrogens with zero attached hydrogens (tertiary/aromatic N) is 4. The van der Waals surface area contributed by atoms with Gasteiger partial charge in [-0.2, -0.15) is 4.31 Å². The Hall–Kier alpha value is -2.52. The van der Waals surface area contributed by atoms with E-state index in [9.17, 15) is 13.2 Å². The molecule has 8 nitrogen and oxygen atoms in total. The zero-order valence-corrected chi connectivity index (χ0v) is 17.5. The van der Waals surface area contributed by atoms with Gasteiger partial charge < -0.3 is 9.64 Å². The van der Waals surface area contributed by atoms with Gasteiger partial charge in [-0.1, -0.05) is 13.8 Å². The predicted octanol–water partition coefficient (Wildman–Crippen LogP) is 2.19. The van der Waals surface area contributed by atoms with E-state index in [1.807, 2.05) is 0 Å². The maximum atomic E-state index is 12.8. The molecule has 0 saturated carbocycles. The van der Waals surface area contributed by atoms with Crippen LogP contribution in [-0.4, -0.2) is 65.8 Å². The SMILES string of the molecule is CCN(CC)S(=O)(=O)c1ccc(C(=O)N2CCC(Oc3ccncn3)CC2)cc1. The Kier molecular flexibility index (Phi) is 6.81. The lowest BCUT2D eigenvalue weighted by atomic mass is 10.1. The molecule has 0 spiro atoms. The number of ether oxygens (including phenoxy) is 1. The van der Waals surface area contributed by atoms with Gasteiger partial charge in [0.05, 0.1) is 4.90 Å². The van der Waals surface area contributed by atoms with Crippen molar-refractivity contribution < 1.29 is 17.9 Å². The number of likely N-dealkylation sites (tertiary alicyclic amines) is 1. The van der Waals surface area contributed by atoms with Crippen molar-refractivity contribution >= 4 is 15.9 Å². The molecule has 1 aromatic heterocycles. The number of carbonyl (C=O) groups excluding carboxylic acids is 1. The summed E-state index contributed by atoms with van der Waals surface area (Å²) in [6.45, 7) is 5.58. The summed E-state index contributed by atoms with van der Waals surface area (Å²) in [5.74, 6) is 0.437. The molecule has 2 heterocycles. The Balaban J connectivity index is 1.60. The van der Waals surface area contributed by atoms with Crippen LogP contribution >= 0.6 is 0 Å². The average molecular weight is 419 g/mol. The van der Waals surface area contributed by atoms with Gasteiger partial charge in [-0.25, -0.2) is 18.4 Å². The summed E-state index contributed by atoms with van der Waals surface area (Å²) >= 11 is 0. The van der Waals surface area contributed by atoms with Crippen LogP contribution in [0.4, 0.5) is 0 Å². The van der Waals surface area contributed by atoms with Gasteiger partial charge >= 0.3 is 0 Å². The summed E-state index contributed by atoms with van der Waals surface area (Å²) in [4.78, 5) is 22.7. The molecule has 29 heavy (non-hydrogen) atoms. The Bertz CT molecular complexity index is 907. The first kappa shape index (κ1) is 21.2. The number of hydrogen-bond donors (Lipinski definition) is 0. The quantitative estimate of drug-likeness (QED) is 0.684. The molecular formula is C20H26N4O4S. The Labute approximate surface area is 171 Å². The van der Waals surface area contributed by atoms with Gasteiger partial charge in [0, 0.05) is 56.8 Å². The standard InChI is InChI=1S/C20H26N4O4S/c1-3-24(4-2)29(26,27)18-7-5-16(6-8-18)20(25)23-13-10-17(11-14-23)28-19-9-12-21-15-22-19/h5-9,12,15,17H,3-4,10-11,13-14H2,1-2H3. The molecule has 2 aromatic rings. The fourth-order valence-electron chi connectivity index (χ4n) is 3.36. The summed E-state index contributed by atoms with van der Waals surface area (Å²) in [5, 5.41) is 0. The fraction of sp³-hybridized carbons (Fsp3) is 0.450. The lowest BCUT2D eigenvalue weighted by Gasteiger charge is -2.32. The van der Waals surface area contributed by atoms with Crippen LogP contribution in [0.25, 0.3) is 0 Å². The lowest BCUT2D eigenvalue weighted by molar-refractivity contribution is 0.0587. The summed E-state index contributed by atoms with van der Waals surface area (Å²) in [6.07, 6.45) is 4.51. The summed E-state index contributed by atoms with van der Waals surface area (Å²) in [6, 6.07) is 7.90. The van der Waals surface area contributed by atoms with E-state index in [0.29, 0.717) is 50.5 Å². The number of benzene rings is 1. The number of piperidine rings is 1. The third kappa shape index (κ3) is 4.91. The molecule has 9 heteroatoms. The third-order valence-corrected chi connectivity index (χ3v) is 7.08. The fourth-order valence-corrected chi connectivity index (χ4v) is 4.82. The van der Waals surface area contributed by atoms with E-state index in [4.69, 9.17) is 4.74 Å². The number of amides is 1. The van der Waals surface area contributed by atoms with Crippen molar-refractivity contribution in [3.05, 3.63) is 48.4 Å². The molecule has 1 fully saturated rings. The van der Waals surface area contributed by atoms with Crippen LogP contribution in [0, 0.1) is 0 Å². The number of rotatable bonds is 7. The van der Waals surface area contributed by atoms with E-state index in [2.05, 4.69) is 9.97 Å². The van der Waals surface area contributed by atoms with Gasteiger partial charge in [-0.15, -0.1) is 0 Å². The minimum Gasteiger partial charge on any atom is -0.474 e. The molecule has 0 atom stereocenters. The first-order valence-electron chi connectivity index (χ1n) is 9.77. The summed E-state index contributed by atoms with van der Waals surface area (Å²) in [5.41, 5.74) is 0.485. The maximum Gasteiger partial charge on any atom is 0.253 e. The van der Waals surface area contributed by atoms with Gasteiger partial charge in [0.25, 0.3) is 5.91 Å². The van der Waals surface area contributed by atoms with Crippen molar-refractivity contribution in [1.29, 1.82) is 0 Å². The van der Waals surface area contributed by atoms with E-state index in [1.165, 1.54) is 22.8 Å². The zero-order chi connectivity index (χ0) is 20.9. The van der Waals surface area contributed by atoms with Crippen molar-refractivity contribution in [2.45, 2.75) is 37.7 Å². The molecule has 1 aromatic carbocycles. The molecule has 1 aliphatic rings. The van der Waals surface area contributed by atoms with Gasteiger partial charge in [0.1, 0.15) is 12.4 Å². The van der Waals surface area contributed by atoms with Gasteiger partial charge in [0.2, 0.25) is 15.9 Å². The van der Waals surface area contributed by atoms with Crippen molar-refractivity contribution in [2.24, 2.45) is 0 Å². The minimum atomic E-state index is -3.52. The second-order valence-electron chi connectivity index (χ2n) is 6.77. The number of sulfonamides is 1. The van der Waals surface area contributed by atoms with Crippen LogP contribution in [-0.2, 0) is 10.0 Å². The zero-order valence-electron chi connectivity index (χ0n) is 16.7. The van der Waals surface area contributed by atoms with Gasteiger partial charge in [0.15, 0.2) is 0 Å². The highest BCUT2D eigenvalue weighted by molar-refractivity contribution is 7.89. The lowest BCUT2D eigenvalue weighted by Crippen LogP contribution is -2.41. The molecule has 0 bridgehead atoms. The first-order chi connectivity index (χ1) is 14.0. The minimum absolute atomic E-state index is 0.00976. The molecule has 3 rings (SSSR count). The van der Waals surface area contributed by atoms with Gasteiger partial charge in [-0.3, -0.25) is 4.79 Å². The van der Waals surface area contributed by atoms with Crippen molar-refractivity contribution in [1.82, 2.24) is 19.2 Å². The molecule has 0 N–H and O–H groups in total. The van der Waals surface area contributed by atoms with Crippen LogP contribution in [0.1, 0.15) is 37.0 Å². The van der Waals surface area contributed by atoms with Gasteiger partial charge in [-0.05, 0) is 24.3 Å². The molecular weight excluding hydrogens is 392 g/mol. The normalized spacial score (nSPS) is 15.5. The molecule has 1 saturated heterocycles. The summed E-state index contributed by atoms with van der Waals surface area (Å²) < 4.78 is 32.4. The molecule has 156 valence electrons. The third-order valence-electron chi connectivity index (χ3n) is 5.02. The Morgan fingerprint density at radius 2 is 1.79 bits per heavy atom. The second kappa shape index (κ2) is 9.32. The Morgan fingerprint density at radius 3 is 2.34 bits per heavy atom. The van der Waals surface area contributed by atoms with E-state index < -0.39 is 10.0 Å². The first-order valence-corrected chi connectivity index (χ1v) is 11.2. The van der Waals surface area contributed by atoms with Crippen molar-refractivity contribution in [3.63, 3.8) is 0 Å². The summed E-state index contributed by atoms with van der Waals surface area (Å²) in [7, 11) is -3.52. The van der Waals surface area contributed by atoms with Crippen LogP contribution in [0.2, 0.25) is 0 Å². The number of aromatic nitrogens is 2. The smallest absolute Gasteiger partial charge is 0.253 e. The molecule has 1 aliphatic heterocycles. The maximum absolute atomic E-state index is 12.8. The van der Waals surface area contributed by atoms with E-state index in [0.717, 1.165) is 0 Å². The van der Waals surface area contributed by atoms with Crippen LogP contribution in [0.5, 0.6) is 5.88 Å². The van der Waals surface area contributed by atoms with Crippen LogP contribution in [0.15, 0.2) is 47.8 Å². The molecule has 1 amide bonds. The van der Waals surface area contributed by atoms with E-state index >= 15 is 0 Å². The highest BCUT2D eigenvalue weighted by atomic mass is 32.2. The van der Waals surface area contributed by atoms with E-state index in [-0.39, 0.29) is 16.9 Å². The number of hydrogen-bond acceptors (Lipinski definition) is 6. The molecule has 0 unspecified atom stereocenters. The average Bonchev–Trinajstić information content (AvgIpc) is 2.75. The predicted molar refractivity (Wildman–Crippen MR) is 108 cm³/mol. The molecule has 0 radical (unpaired) electrons. The van der Waals surface area contributed by atoms with Crippen molar-refractivity contribution in [3.8, 4) is 5.88 Å². The highest BCUT2D eigenvalue weighted by Gasteiger charge is 2.26.